The number of thiophene rings is 1. The van der Waals surface area contributed by atoms with Gasteiger partial charge in [-0.2, -0.15) is 0 Å². The van der Waals surface area contributed by atoms with Crippen molar-refractivity contribution in [2.75, 3.05) is 9.71 Å². The van der Waals surface area contributed by atoms with Crippen molar-refractivity contribution in [2.45, 2.75) is 71.6 Å². The highest BCUT2D eigenvalue weighted by Gasteiger charge is 2.51. The van der Waals surface area contributed by atoms with E-state index in [2.05, 4.69) is 223 Å². The van der Waals surface area contributed by atoms with Gasteiger partial charge >= 0.3 is 6.85 Å². The van der Waals surface area contributed by atoms with Crippen LogP contribution in [0.2, 0.25) is 0 Å². The van der Waals surface area contributed by atoms with Crippen LogP contribution < -0.4 is 20.6 Å². The fourth-order valence-corrected chi connectivity index (χ4v) is 12.8. The first kappa shape index (κ1) is 39.5. The zero-order valence-corrected chi connectivity index (χ0v) is 39.7. The van der Waals surface area contributed by atoms with Crippen LogP contribution in [0, 0.1) is 0 Å². The monoisotopic (exact) mass is 870 g/mol. The van der Waals surface area contributed by atoms with Gasteiger partial charge in [-0.3, -0.25) is 0 Å². The third-order valence-corrected chi connectivity index (χ3v) is 16.1. The van der Waals surface area contributed by atoms with E-state index in [1.54, 1.807) is 0 Å². The first-order valence-electron chi connectivity index (χ1n) is 23.4. The van der Waals surface area contributed by atoms with Gasteiger partial charge in [0.15, 0.2) is 0 Å². The predicted octanol–water partition coefficient (Wildman–Crippen LogP) is 16.1. The molecule has 0 fully saturated rings. The summed E-state index contributed by atoms with van der Waals surface area (Å²) in [6, 6.07) is 60.3. The molecule has 13 rings (SSSR count). The molecule has 0 bridgehead atoms. The number of benzene rings is 8. The Labute approximate surface area is 392 Å². The number of hydrogen-bond donors (Lipinski definition) is 0. The summed E-state index contributed by atoms with van der Waals surface area (Å²) in [5.41, 5.74) is 22.1. The number of furan rings is 1. The molecule has 5 heteroatoms. The highest BCUT2D eigenvalue weighted by atomic mass is 32.1. The Bertz CT molecular complexity index is 3660. The van der Waals surface area contributed by atoms with E-state index >= 15 is 0 Å². The summed E-state index contributed by atoms with van der Waals surface area (Å²) < 4.78 is 8.98. The fourth-order valence-electron chi connectivity index (χ4n) is 11.7. The highest BCUT2D eigenvalue weighted by molar-refractivity contribution is 7.25. The zero-order valence-electron chi connectivity index (χ0n) is 38.9. The molecule has 66 heavy (non-hydrogen) atoms. The van der Waals surface area contributed by atoms with Crippen molar-refractivity contribution in [2.24, 2.45) is 0 Å². The van der Waals surface area contributed by atoms with Crippen LogP contribution in [-0.4, -0.2) is 6.85 Å². The van der Waals surface area contributed by atoms with E-state index < -0.39 is 0 Å². The van der Waals surface area contributed by atoms with Gasteiger partial charge in [-0.05, 0) is 133 Å². The number of nitrogens with zero attached hydrogens (tertiary/aromatic N) is 2. The van der Waals surface area contributed by atoms with E-state index in [1.807, 2.05) is 17.6 Å². The summed E-state index contributed by atoms with van der Waals surface area (Å²) >= 11 is 1.89. The Balaban J connectivity index is 1.23. The Morgan fingerprint density at radius 1 is 0.545 bits per heavy atom. The first-order valence-corrected chi connectivity index (χ1v) is 24.3. The first-order chi connectivity index (χ1) is 31.8. The molecule has 0 spiro atoms. The van der Waals surface area contributed by atoms with Crippen LogP contribution in [0.4, 0.5) is 28.4 Å². The quantitative estimate of drug-likeness (QED) is 0.165. The molecule has 0 saturated carbocycles. The van der Waals surface area contributed by atoms with Crippen molar-refractivity contribution < 1.29 is 4.42 Å². The maximum Gasteiger partial charge on any atom is 0.333 e. The molecular formula is C61H51BN2OS. The van der Waals surface area contributed by atoms with Crippen LogP contribution in [0.15, 0.2) is 168 Å². The van der Waals surface area contributed by atoms with Gasteiger partial charge < -0.3 is 14.1 Å². The number of hydrogen-bond acceptors (Lipinski definition) is 4. The second kappa shape index (κ2) is 13.6. The summed E-state index contributed by atoms with van der Waals surface area (Å²) in [5, 5.41) is 3.71. The van der Waals surface area contributed by atoms with Gasteiger partial charge in [0.1, 0.15) is 5.58 Å². The summed E-state index contributed by atoms with van der Waals surface area (Å²) in [4.78, 5) is 5.34. The third kappa shape index (κ3) is 5.56. The topological polar surface area (TPSA) is 19.6 Å². The van der Waals surface area contributed by atoms with Crippen molar-refractivity contribution in [1.82, 2.24) is 0 Å². The van der Waals surface area contributed by atoms with E-state index in [0.29, 0.717) is 0 Å². The molecule has 320 valence electrons. The average molecular weight is 871 g/mol. The van der Waals surface area contributed by atoms with Gasteiger partial charge in [0.2, 0.25) is 0 Å². The molecule has 0 N–H and O–H groups in total. The molecule has 10 aromatic rings. The molecule has 1 aliphatic carbocycles. The second-order valence-corrected chi connectivity index (χ2v) is 22.4. The van der Waals surface area contributed by atoms with Crippen LogP contribution in [0.1, 0.15) is 77.6 Å². The van der Waals surface area contributed by atoms with E-state index in [1.165, 1.54) is 115 Å². The molecular weight excluding hydrogens is 820 g/mol. The van der Waals surface area contributed by atoms with Crippen molar-refractivity contribution in [3.63, 3.8) is 0 Å². The maximum atomic E-state index is 6.37. The standard InChI is InChI=1S/C61H51BN2OS/c1-59(2,3)38-22-25-40(26-23-38)64-51-35-55-45(42-19-13-15-21-54(42)66-55)32-44(51)47-33-46-41-18-12-14-20-48(41)61(7,8)56(46)58-57(47)62(64)49-34-53-37(28-29-65-53)30-52(49)63(58)50-27-24-39(60(4,5)6)31-43(50)36-16-10-9-11-17-36/h9-35H,1-8H3. The zero-order chi connectivity index (χ0) is 45.0. The lowest BCUT2D eigenvalue weighted by Crippen LogP contribution is -2.62. The molecule has 3 aliphatic rings. The highest BCUT2D eigenvalue weighted by Crippen LogP contribution is 2.59. The lowest BCUT2D eigenvalue weighted by atomic mass is 9.42. The van der Waals surface area contributed by atoms with Crippen molar-refractivity contribution in [1.29, 1.82) is 0 Å². The molecule has 8 aromatic carbocycles. The predicted molar refractivity (Wildman–Crippen MR) is 283 cm³/mol. The van der Waals surface area contributed by atoms with E-state index in [-0.39, 0.29) is 23.1 Å². The van der Waals surface area contributed by atoms with Crippen LogP contribution in [0.5, 0.6) is 0 Å². The minimum atomic E-state index is -0.304. The maximum absolute atomic E-state index is 6.37. The molecule has 4 heterocycles. The van der Waals surface area contributed by atoms with Crippen molar-refractivity contribution in [3.8, 4) is 33.4 Å². The van der Waals surface area contributed by atoms with Gasteiger partial charge in [0, 0.05) is 64.8 Å². The van der Waals surface area contributed by atoms with E-state index in [9.17, 15) is 0 Å². The molecule has 3 nitrogen and oxygen atoms in total. The van der Waals surface area contributed by atoms with Crippen molar-refractivity contribution >= 4 is 88.7 Å². The average Bonchev–Trinajstić information content (AvgIpc) is 3.99. The summed E-state index contributed by atoms with van der Waals surface area (Å²) in [6.07, 6.45) is 1.85. The van der Waals surface area contributed by atoms with Crippen LogP contribution in [-0.2, 0) is 16.2 Å². The van der Waals surface area contributed by atoms with Gasteiger partial charge in [-0.1, -0.05) is 146 Å². The summed E-state index contributed by atoms with van der Waals surface area (Å²) in [7, 11) is 0. The van der Waals surface area contributed by atoms with Crippen LogP contribution in [0.3, 0.4) is 0 Å². The van der Waals surface area contributed by atoms with Crippen LogP contribution in [0.25, 0.3) is 64.5 Å². The number of anilines is 5. The Kier molecular flexibility index (Phi) is 8.16. The molecule has 0 unspecified atom stereocenters. The second-order valence-electron chi connectivity index (χ2n) is 21.4. The molecule has 0 amide bonds. The third-order valence-electron chi connectivity index (χ3n) is 15.0. The van der Waals surface area contributed by atoms with Gasteiger partial charge in [-0.15, -0.1) is 11.3 Å². The smallest absolute Gasteiger partial charge is 0.333 e. The van der Waals surface area contributed by atoms with Gasteiger partial charge in [0.05, 0.1) is 12.0 Å². The Morgan fingerprint density at radius 2 is 1.27 bits per heavy atom. The van der Waals surface area contributed by atoms with Gasteiger partial charge in [-0.25, -0.2) is 0 Å². The lowest BCUT2D eigenvalue weighted by Gasteiger charge is -2.48. The largest absolute Gasteiger partial charge is 0.464 e. The lowest BCUT2D eigenvalue weighted by molar-refractivity contribution is 0.590. The number of rotatable bonds is 3. The number of fused-ring (bicyclic) bond motifs is 12. The SMILES string of the molecule is CC(C)(C)c1ccc(N2B3c4cc5occc5cc4N(c4ccc(C(C)(C)C)cc4-c4ccccc4)c4c3c(cc3c4C(C)(C)c4ccccc4-3)-c3cc4c(cc32)sc2ccccc24)cc1. The van der Waals surface area contributed by atoms with E-state index in [4.69, 9.17) is 4.42 Å². The minimum Gasteiger partial charge on any atom is -0.464 e. The Hall–Kier alpha value is -6.82. The van der Waals surface area contributed by atoms with E-state index in [0.717, 1.165) is 11.0 Å². The summed E-state index contributed by atoms with van der Waals surface area (Å²) in [6.45, 7) is 18.6. The molecule has 2 aliphatic heterocycles. The minimum absolute atomic E-state index is 0.0182. The molecule has 0 saturated heterocycles. The fraction of sp³-hybridized carbons (Fsp3) is 0.180. The van der Waals surface area contributed by atoms with Gasteiger partial charge in [0.25, 0.3) is 0 Å². The van der Waals surface area contributed by atoms with Crippen molar-refractivity contribution in [3.05, 3.63) is 186 Å². The molecule has 0 atom stereocenters. The molecule has 2 aromatic heterocycles. The van der Waals surface area contributed by atoms with Crippen LogP contribution >= 0.6 is 11.3 Å². The summed E-state index contributed by atoms with van der Waals surface area (Å²) in [5.74, 6) is 0. The normalized spacial score (nSPS) is 14.7. The molecule has 0 radical (unpaired) electrons. The Morgan fingerprint density at radius 3 is 2.06 bits per heavy atom.